The van der Waals surface area contributed by atoms with Gasteiger partial charge in [0.25, 0.3) is 5.91 Å². The van der Waals surface area contributed by atoms with Gasteiger partial charge in [-0.05, 0) is 49.4 Å². The second kappa shape index (κ2) is 8.92. The topological polar surface area (TPSA) is 72.9 Å². The van der Waals surface area contributed by atoms with Gasteiger partial charge >= 0.3 is 5.97 Å². The predicted molar refractivity (Wildman–Crippen MR) is 123 cm³/mol. The average Bonchev–Trinajstić information content (AvgIpc) is 2.80. The molecular weight excluding hydrogens is 390 g/mol. The summed E-state index contributed by atoms with van der Waals surface area (Å²) in [5.74, 6) is -1.27. The number of nitrogens with one attached hydrogen (secondary N) is 1. The second-order valence-electron chi connectivity index (χ2n) is 7.67. The summed E-state index contributed by atoms with van der Waals surface area (Å²) in [6.45, 7) is 5.04. The van der Waals surface area contributed by atoms with Crippen LogP contribution in [0.3, 0.4) is 0 Å². The Morgan fingerprint density at radius 3 is 2.13 bits per heavy atom. The Morgan fingerprint density at radius 2 is 1.48 bits per heavy atom. The number of nitrogens with zero attached hydrogens (tertiary/aromatic N) is 2. The van der Waals surface area contributed by atoms with E-state index in [2.05, 4.69) is 27.2 Å². The van der Waals surface area contributed by atoms with Crippen molar-refractivity contribution >= 4 is 28.9 Å². The molecule has 3 aromatic carbocycles. The molecule has 6 heteroatoms. The van der Waals surface area contributed by atoms with Gasteiger partial charge < -0.3 is 20.2 Å². The van der Waals surface area contributed by atoms with Gasteiger partial charge in [0.2, 0.25) is 0 Å². The number of carbonyl (C=O) groups is 2. The van der Waals surface area contributed by atoms with Gasteiger partial charge in [-0.1, -0.05) is 35.9 Å². The minimum Gasteiger partial charge on any atom is -0.478 e. The predicted octanol–water partition coefficient (Wildman–Crippen LogP) is 4.27. The lowest BCUT2D eigenvalue weighted by Crippen LogP contribution is -2.47. The highest BCUT2D eigenvalue weighted by atomic mass is 16.4. The van der Waals surface area contributed by atoms with Crippen molar-refractivity contribution in [2.24, 2.45) is 0 Å². The van der Waals surface area contributed by atoms with Crippen LogP contribution in [-0.2, 0) is 0 Å². The van der Waals surface area contributed by atoms with Crippen molar-refractivity contribution in [2.45, 2.75) is 6.92 Å². The molecular formula is C25H25N3O3. The summed E-state index contributed by atoms with van der Waals surface area (Å²) in [5.41, 5.74) is 4.11. The molecule has 2 N–H and O–H groups in total. The summed E-state index contributed by atoms with van der Waals surface area (Å²) in [7, 11) is 0. The fraction of sp³-hybridized carbons (Fsp3) is 0.200. The normalized spacial score (nSPS) is 13.7. The third-order valence-electron chi connectivity index (χ3n) is 5.54. The van der Waals surface area contributed by atoms with Crippen LogP contribution in [0.4, 0.5) is 17.1 Å². The number of hydrogen-bond acceptors (Lipinski definition) is 4. The van der Waals surface area contributed by atoms with Crippen LogP contribution in [0.15, 0.2) is 72.8 Å². The van der Waals surface area contributed by atoms with Crippen molar-refractivity contribution in [3.63, 3.8) is 0 Å². The fourth-order valence-electron chi connectivity index (χ4n) is 3.81. The van der Waals surface area contributed by atoms with Crippen LogP contribution in [0, 0.1) is 6.92 Å². The van der Waals surface area contributed by atoms with E-state index >= 15 is 0 Å². The van der Waals surface area contributed by atoms with E-state index in [1.54, 1.807) is 24.3 Å². The molecule has 0 unspecified atom stereocenters. The molecule has 4 rings (SSSR count). The van der Waals surface area contributed by atoms with Crippen LogP contribution in [0.1, 0.15) is 26.3 Å². The van der Waals surface area contributed by atoms with Crippen molar-refractivity contribution in [2.75, 3.05) is 41.3 Å². The molecule has 31 heavy (non-hydrogen) atoms. The molecule has 0 atom stereocenters. The summed E-state index contributed by atoms with van der Waals surface area (Å²) in [5, 5.41) is 12.6. The minimum absolute atomic E-state index is 0.190. The van der Waals surface area contributed by atoms with E-state index in [-0.39, 0.29) is 11.5 Å². The number of carboxylic acids is 1. The van der Waals surface area contributed by atoms with E-state index in [0.717, 1.165) is 31.7 Å². The highest BCUT2D eigenvalue weighted by Gasteiger charge is 2.22. The Bertz CT molecular complexity index is 1070. The lowest BCUT2D eigenvalue weighted by molar-refractivity contribution is 0.0697. The number of hydrogen-bond donors (Lipinski definition) is 2. The Hall–Kier alpha value is -3.80. The largest absolute Gasteiger partial charge is 0.478 e. The van der Waals surface area contributed by atoms with E-state index in [4.69, 9.17) is 0 Å². The maximum atomic E-state index is 12.5. The maximum Gasteiger partial charge on any atom is 0.337 e. The van der Waals surface area contributed by atoms with Gasteiger partial charge in [0.15, 0.2) is 0 Å². The molecule has 3 aromatic rings. The van der Waals surface area contributed by atoms with Crippen LogP contribution in [-0.4, -0.2) is 43.2 Å². The smallest absolute Gasteiger partial charge is 0.337 e. The lowest BCUT2D eigenvalue weighted by Gasteiger charge is -2.38. The Labute approximate surface area is 181 Å². The number of carbonyl (C=O) groups excluding carboxylic acids is 1. The molecule has 0 saturated carbocycles. The molecule has 1 amide bonds. The monoisotopic (exact) mass is 415 g/mol. The van der Waals surface area contributed by atoms with E-state index < -0.39 is 5.97 Å². The quantitative estimate of drug-likeness (QED) is 0.651. The molecule has 0 spiro atoms. The van der Waals surface area contributed by atoms with E-state index in [1.807, 2.05) is 37.3 Å². The van der Waals surface area contributed by atoms with Crippen LogP contribution in [0.2, 0.25) is 0 Å². The maximum absolute atomic E-state index is 12.5. The molecule has 0 aliphatic carbocycles. The van der Waals surface area contributed by atoms with Crippen molar-refractivity contribution in [3.05, 3.63) is 89.5 Å². The fourth-order valence-corrected chi connectivity index (χ4v) is 3.81. The SMILES string of the molecule is Cc1ccc(C(=O)Nc2ccc(N3CCN(c4ccccc4)CC3)c(C(=O)O)c2)cc1. The van der Waals surface area contributed by atoms with Crippen molar-refractivity contribution in [3.8, 4) is 0 Å². The number of aryl methyl sites for hydroxylation is 1. The molecule has 1 heterocycles. The van der Waals surface area contributed by atoms with Gasteiger partial charge in [-0.25, -0.2) is 4.79 Å². The first-order chi connectivity index (χ1) is 15.0. The minimum atomic E-state index is -1.01. The van der Waals surface area contributed by atoms with Crippen molar-refractivity contribution in [1.82, 2.24) is 0 Å². The van der Waals surface area contributed by atoms with Gasteiger partial charge in [-0.3, -0.25) is 4.79 Å². The molecule has 6 nitrogen and oxygen atoms in total. The first-order valence-electron chi connectivity index (χ1n) is 10.3. The highest BCUT2D eigenvalue weighted by molar-refractivity contribution is 6.05. The van der Waals surface area contributed by atoms with Gasteiger partial charge in [0, 0.05) is 43.1 Å². The third kappa shape index (κ3) is 4.69. The van der Waals surface area contributed by atoms with Gasteiger partial charge in [0.1, 0.15) is 0 Å². The molecule has 0 bridgehead atoms. The van der Waals surface area contributed by atoms with E-state index in [1.165, 1.54) is 11.8 Å². The van der Waals surface area contributed by atoms with Gasteiger partial charge in [0.05, 0.1) is 11.3 Å². The Kier molecular flexibility index (Phi) is 5.89. The first kappa shape index (κ1) is 20.5. The van der Waals surface area contributed by atoms with Crippen molar-refractivity contribution < 1.29 is 14.7 Å². The first-order valence-corrected chi connectivity index (χ1v) is 10.3. The zero-order chi connectivity index (χ0) is 21.8. The third-order valence-corrected chi connectivity index (χ3v) is 5.54. The summed E-state index contributed by atoms with van der Waals surface area (Å²) in [6.07, 6.45) is 0. The number of piperazine rings is 1. The Morgan fingerprint density at radius 1 is 0.839 bits per heavy atom. The molecule has 0 aromatic heterocycles. The second-order valence-corrected chi connectivity index (χ2v) is 7.67. The molecule has 0 radical (unpaired) electrons. The van der Waals surface area contributed by atoms with Crippen molar-refractivity contribution in [1.29, 1.82) is 0 Å². The van der Waals surface area contributed by atoms with E-state index in [9.17, 15) is 14.7 Å². The van der Waals surface area contributed by atoms with Gasteiger partial charge in [-0.15, -0.1) is 0 Å². The number of para-hydroxylation sites is 1. The zero-order valence-corrected chi connectivity index (χ0v) is 17.4. The summed E-state index contributed by atoms with van der Waals surface area (Å²) < 4.78 is 0. The number of aromatic carboxylic acids is 1. The standard InChI is InChI=1S/C25H25N3O3/c1-18-7-9-19(10-8-18)24(29)26-20-11-12-23(22(17-20)25(30)31)28-15-13-27(14-16-28)21-5-3-2-4-6-21/h2-12,17H,13-16H2,1H3,(H,26,29)(H,30,31). The number of amides is 1. The number of carboxylic acid groups (broad SMARTS) is 1. The number of benzene rings is 3. The summed E-state index contributed by atoms with van der Waals surface area (Å²) in [6, 6.07) is 22.5. The summed E-state index contributed by atoms with van der Waals surface area (Å²) >= 11 is 0. The zero-order valence-electron chi connectivity index (χ0n) is 17.4. The van der Waals surface area contributed by atoms with Gasteiger partial charge in [-0.2, -0.15) is 0 Å². The molecule has 1 fully saturated rings. The summed E-state index contributed by atoms with van der Waals surface area (Å²) in [4.78, 5) is 28.8. The number of anilines is 3. The van der Waals surface area contributed by atoms with Crippen LogP contribution >= 0.6 is 0 Å². The molecule has 158 valence electrons. The molecule has 1 aliphatic heterocycles. The van der Waals surface area contributed by atoms with E-state index in [0.29, 0.717) is 16.9 Å². The van der Waals surface area contributed by atoms with Crippen LogP contribution in [0.5, 0.6) is 0 Å². The van der Waals surface area contributed by atoms with Crippen LogP contribution < -0.4 is 15.1 Å². The molecule has 1 aliphatic rings. The Balaban J connectivity index is 1.48. The highest BCUT2D eigenvalue weighted by Crippen LogP contribution is 2.27. The van der Waals surface area contributed by atoms with Crippen LogP contribution in [0.25, 0.3) is 0 Å². The average molecular weight is 415 g/mol. The lowest BCUT2D eigenvalue weighted by atomic mass is 10.1. The number of rotatable bonds is 5. The molecule has 1 saturated heterocycles.